The Balaban J connectivity index is 3.46. The summed E-state index contributed by atoms with van der Waals surface area (Å²) in [7, 11) is 0. The molecule has 0 unspecified atom stereocenters. The standard InChI is InChI=1S/C10H8F6N2O3/c11-9(12,13)8-4(2-7(19)20)1-6(18-5(8)3-17)21-10(14,15)16/h1H,2-3,17H2,(H,19,20). The van der Waals surface area contributed by atoms with E-state index in [1.54, 1.807) is 0 Å². The molecule has 0 radical (unpaired) electrons. The van der Waals surface area contributed by atoms with Crippen molar-refractivity contribution in [2.45, 2.75) is 25.5 Å². The molecule has 11 heteroatoms. The SMILES string of the molecule is NCc1nc(OC(F)(F)F)cc(CC(=O)O)c1C(F)(F)F. The van der Waals surface area contributed by atoms with Crippen LogP contribution in [0.4, 0.5) is 26.3 Å². The number of nitrogens with zero attached hydrogens (tertiary/aromatic N) is 1. The van der Waals surface area contributed by atoms with Gasteiger partial charge in [0, 0.05) is 12.6 Å². The summed E-state index contributed by atoms with van der Waals surface area (Å²) < 4.78 is 78.2. The van der Waals surface area contributed by atoms with E-state index < -0.39 is 54.2 Å². The summed E-state index contributed by atoms with van der Waals surface area (Å²) in [5.41, 5.74) is 1.72. The first-order valence-electron chi connectivity index (χ1n) is 5.21. The highest BCUT2D eigenvalue weighted by Crippen LogP contribution is 2.36. The average molecular weight is 318 g/mol. The fourth-order valence-electron chi connectivity index (χ4n) is 1.59. The maximum Gasteiger partial charge on any atom is 0.574 e. The van der Waals surface area contributed by atoms with E-state index in [0.29, 0.717) is 0 Å². The summed E-state index contributed by atoms with van der Waals surface area (Å²) >= 11 is 0. The summed E-state index contributed by atoms with van der Waals surface area (Å²) in [6.07, 6.45) is -11.3. The Morgan fingerprint density at radius 3 is 2.24 bits per heavy atom. The molecule has 0 aliphatic carbocycles. The molecule has 21 heavy (non-hydrogen) atoms. The van der Waals surface area contributed by atoms with Crippen LogP contribution in [0.3, 0.4) is 0 Å². The van der Waals surface area contributed by atoms with E-state index >= 15 is 0 Å². The van der Waals surface area contributed by atoms with Crippen LogP contribution in [0.1, 0.15) is 16.8 Å². The van der Waals surface area contributed by atoms with Gasteiger partial charge in [0.05, 0.1) is 17.7 Å². The van der Waals surface area contributed by atoms with Crippen LogP contribution >= 0.6 is 0 Å². The number of carboxylic acid groups (broad SMARTS) is 1. The maximum absolute atomic E-state index is 12.9. The zero-order valence-corrected chi connectivity index (χ0v) is 10.0. The molecule has 0 saturated heterocycles. The second kappa shape index (κ2) is 5.76. The summed E-state index contributed by atoms with van der Waals surface area (Å²) in [6.45, 7) is -0.837. The van der Waals surface area contributed by atoms with E-state index in [2.05, 4.69) is 9.72 Å². The number of alkyl halides is 6. The maximum atomic E-state index is 12.9. The zero-order chi connectivity index (χ0) is 16.4. The Morgan fingerprint density at radius 1 is 1.29 bits per heavy atom. The highest BCUT2D eigenvalue weighted by atomic mass is 19.4. The lowest BCUT2D eigenvalue weighted by molar-refractivity contribution is -0.276. The van der Waals surface area contributed by atoms with Gasteiger partial charge in [0.25, 0.3) is 0 Å². The van der Waals surface area contributed by atoms with Gasteiger partial charge in [-0.2, -0.15) is 13.2 Å². The monoisotopic (exact) mass is 318 g/mol. The topological polar surface area (TPSA) is 85.4 Å². The number of ether oxygens (including phenoxy) is 1. The minimum atomic E-state index is -5.18. The van der Waals surface area contributed by atoms with Crippen molar-refractivity contribution < 1.29 is 41.0 Å². The Hall–Kier alpha value is -2.04. The van der Waals surface area contributed by atoms with Crippen molar-refractivity contribution in [1.82, 2.24) is 4.98 Å². The molecule has 0 fully saturated rings. The number of pyridine rings is 1. The summed E-state index contributed by atoms with van der Waals surface area (Å²) in [4.78, 5) is 13.6. The fourth-order valence-corrected chi connectivity index (χ4v) is 1.59. The van der Waals surface area contributed by atoms with Crippen molar-refractivity contribution in [2.24, 2.45) is 5.73 Å². The van der Waals surface area contributed by atoms with Crippen molar-refractivity contribution in [2.75, 3.05) is 0 Å². The van der Waals surface area contributed by atoms with E-state index in [1.165, 1.54) is 0 Å². The Bertz CT molecular complexity index is 541. The van der Waals surface area contributed by atoms with Crippen LogP contribution in [0, 0.1) is 0 Å². The summed E-state index contributed by atoms with van der Waals surface area (Å²) in [6, 6.07) is 0.281. The second-order valence-electron chi connectivity index (χ2n) is 3.76. The smallest absolute Gasteiger partial charge is 0.481 e. The van der Waals surface area contributed by atoms with Crippen LogP contribution in [-0.4, -0.2) is 22.4 Å². The number of aliphatic carboxylic acids is 1. The van der Waals surface area contributed by atoms with E-state index in [-0.39, 0.29) is 6.07 Å². The zero-order valence-electron chi connectivity index (χ0n) is 10.0. The number of aromatic nitrogens is 1. The molecule has 0 spiro atoms. The average Bonchev–Trinajstić information content (AvgIpc) is 2.22. The lowest BCUT2D eigenvalue weighted by atomic mass is 10.0. The van der Waals surface area contributed by atoms with E-state index in [9.17, 15) is 31.1 Å². The van der Waals surface area contributed by atoms with Crippen LogP contribution < -0.4 is 10.5 Å². The van der Waals surface area contributed by atoms with Crippen LogP contribution in [0.25, 0.3) is 0 Å². The fraction of sp³-hybridized carbons (Fsp3) is 0.400. The minimum absolute atomic E-state index is 0.281. The Kier molecular flexibility index (Phi) is 4.66. The van der Waals surface area contributed by atoms with Crippen LogP contribution in [-0.2, 0) is 23.9 Å². The third-order valence-corrected chi connectivity index (χ3v) is 2.19. The third kappa shape index (κ3) is 4.77. The number of halogens is 6. The van der Waals surface area contributed by atoms with Gasteiger partial charge >= 0.3 is 18.5 Å². The highest BCUT2D eigenvalue weighted by Gasteiger charge is 2.39. The van der Waals surface area contributed by atoms with E-state index in [0.717, 1.165) is 0 Å². The van der Waals surface area contributed by atoms with Crippen molar-refractivity contribution in [3.63, 3.8) is 0 Å². The van der Waals surface area contributed by atoms with Gasteiger partial charge < -0.3 is 15.6 Å². The quantitative estimate of drug-likeness (QED) is 0.830. The molecule has 0 atom stereocenters. The Morgan fingerprint density at radius 2 is 1.86 bits per heavy atom. The molecular weight excluding hydrogens is 310 g/mol. The lowest BCUT2D eigenvalue weighted by Crippen LogP contribution is -2.22. The molecule has 0 saturated carbocycles. The molecule has 1 aromatic heterocycles. The summed E-state index contributed by atoms with van der Waals surface area (Å²) in [5, 5.41) is 8.56. The number of carbonyl (C=O) groups is 1. The minimum Gasteiger partial charge on any atom is -0.481 e. The highest BCUT2D eigenvalue weighted by molar-refractivity contribution is 5.71. The molecule has 5 nitrogen and oxygen atoms in total. The lowest BCUT2D eigenvalue weighted by Gasteiger charge is -2.17. The van der Waals surface area contributed by atoms with Crippen molar-refractivity contribution in [3.05, 3.63) is 22.9 Å². The van der Waals surface area contributed by atoms with Gasteiger partial charge in [-0.15, -0.1) is 13.2 Å². The van der Waals surface area contributed by atoms with E-state index in [1.807, 2.05) is 0 Å². The van der Waals surface area contributed by atoms with Gasteiger partial charge in [0.15, 0.2) is 0 Å². The second-order valence-corrected chi connectivity index (χ2v) is 3.76. The van der Waals surface area contributed by atoms with Crippen LogP contribution in [0.2, 0.25) is 0 Å². The summed E-state index contributed by atoms with van der Waals surface area (Å²) in [5.74, 6) is -2.86. The molecule has 118 valence electrons. The molecule has 1 heterocycles. The molecule has 0 bridgehead atoms. The van der Waals surface area contributed by atoms with E-state index in [4.69, 9.17) is 10.8 Å². The van der Waals surface area contributed by atoms with Gasteiger partial charge in [0.2, 0.25) is 5.88 Å². The normalized spacial score (nSPS) is 12.3. The molecule has 0 amide bonds. The number of rotatable bonds is 4. The predicted molar refractivity (Wildman–Crippen MR) is 55.2 cm³/mol. The molecule has 0 aliphatic rings. The molecule has 1 aromatic rings. The third-order valence-electron chi connectivity index (χ3n) is 2.19. The molecule has 0 aromatic carbocycles. The van der Waals surface area contributed by atoms with Crippen LogP contribution in [0.5, 0.6) is 5.88 Å². The van der Waals surface area contributed by atoms with Gasteiger partial charge in [-0.25, -0.2) is 4.98 Å². The number of hydrogen-bond donors (Lipinski definition) is 2. The molecule has 1 rings (SSSR count). The number of hydrogen-bond acceptors (Lipinski definition) is 4. The first-order chi connectivity index (χ1) is 9.44. The molecule has 0 aliphatic heterocycles. The number of carboxylic acids is 1. The van der Waals surface area contributed by atoms with Gasteiger partial charge in [-0.1, -0.05) is 0 Å². The predicted octanol–water partition coefficient (Wildman–Crippen LogP) is 2.08. The Labute approximate surface area is 113 Å². The first kappa shape index (κ1) is 17.0. The van der Waals surface area contributed by atoms with Crippen molar-refractivity contribution >= 4 is 5.97 Å². The first-order valence-corrected chi connectivity index (χ1v) is 5.21. The van der Waals surface area contributed by atoms with Gasteiger partial charge in [-0.3, -0.25) is 4.79 Å². The largest absolute Gasteiger partial charge is 0.574 e. The van der Waals surface area contributed by atoms with Gasteiger partial charge in [0.1, 0.15) is 0 Å². The van der Waals surface area contributed by atoms with Crippen LogP contribution in [0.15, 0.2) is 6.07 Å². The molecule has 3 N–H and O–H groups in total. The van der Waals surface area contributed by atoms with Gasteiger partial charge in [-0.05, 0) is 5.56 Å². The van der Waals surface area contributed by atoms with Crippen molar-refractivity contribution in [1.29, 1.82) is 0 Å². The number of nitrogens with two attached hydrogens (primary N) is 1. The van der Waals surface area contributed by atoms with Crippen molar-refractivity contribution in [3.8, 4) is 5.88 Å². The molecular formula is C10H8F6N2O3.